The number of rotatable bonds is 11. The second-order valence-electron chi connectivity index (χ2n) is 17.6. The minimum Gasteiger partial charge on any atom is -0.368 e. The summed E-state index contributed by atoms with van der Waals surface area (Å²) in [6, 6.07) is 20.1. The van der Waals surface area contributed by atoms with Gasteiger partial charge in [-0.15, -0.1) is 0 Å². The van der Waals surface area contributed by atoms with Crippen LogP contribution >= 0.6 is 0 Å². The molecule has 0 saturated heterocycles. The van der Waals surface area contributed by atoms with Crippen molar-refractivity contribution in [2.75, 3.05) is 26.2 Å². The van der Waals surface area contributed by atoms with Crippen molar-refractivity contribution in [1.29, 1.82) is 0 Å². The lowest BCUT2D eigenvalue weighted by Gasteiger charge is -2.27. The lowest BCUT2D eigenvalue weighted by molar-refractivity contribution is -0.134. The lowest BCUT2D eigenvalue weighted by Crippen LogP contribution is -2.60. The van der Waals surface area contributed by atoms with Crippen LogP contribution in [0.3, 0.4) is 0 Å². The van der Waals surface area contributed by atoms with Crippen LogP contribution in [0.5, 0.6) is 0 Å². The fourth-order valence-electron chi connectivity index (χ4n) is 8.29. The number of benzene rings is 3. The van der Waals surface area contributed by atoms with Gasteiger partial charge in [0.1, 0.15) is 36.8 Å². The number of para-hydroxylation sites is 2. The number of aromatic amines is 2. The first-order chi connectivity index (χ1) is 33.3. The van der Waals surface area contributed by atoms with Crippen LogP contribution in [0.15, 0.2) is 91.3 Å². The summed E-state index contributed by atoms with van der Waals surface area (Å²) in [5, 5.41) is 16.4. The molecule has 8 amide bonds. The van der Waals surface area contributed by atoms with E-state index in [1.54, 1.807) is 24.5 Å². The summed E-state index contributed by atoms with van der Waals surface area (Å²) in [6.07, 6.45) is 6.81. The van der Waals surface area contributed by atoms with Gasteiger partial charge in [0.25, 0.3) is 5.91 Å². The molecule has 1 aliphatic heterocycles. The predicted octanol–water partition coefficient (Wildman–Crippen LogP) is 1.35. The third kappa shape index (κ3) is 13.6. The predicted molar refractivity (Wildman–Crippen MR) is 259 cm³/mol. The largest absolute Gasteiger partial charge is 0.368 e. The Morgan fingerprint density at radius 3 is 1.87 bits per heavy atom. The van der Waals surface area contributed by atoms with Crippen molar-refractivity contribution in [3.05, 3.63) is 108 Å². The number of carbonyl (C=O) groups is 7. The van der Waals surface area contributed by atoms with E-state index in [2.05, 4.69) is 53.9 Å². The van der Waals surface area contributed by atoms with Crippen LogP contribution in [-0.4, -0.2) is 118 Å². The molecule has 1 aliphatic carbocycles. The van der Waals surface area contributed by atoms with Gasteiger partial charge in [0.2, 0.25) is 29.5 Å². The average molecular weight is 941 g/mol. The maximum atomic E-state index is 14.6. The summed E-state index contributed by atoms with van der Waals surface area (Å²) < 4.78 is 0. The van der Waals surface area contributed by atoms with Gasteiger partial charge in [0, 0.05) is 72.6 Å². The van der Waals surface area contributed by atoms with Crippen molar-refractivity contribution in [2.45, 2.75) is 88.5 Å². The van der Waals surface area contributed by atoms with Crippen LogP contribution in [0.1, 0.15) is 55.7 Å². The van der Waals surface area contributed by atoms with Gasteiger partial charge in [0.15, 0.2) is 0 Å². The Kier molecular flexibility index (Phi) is 16.5. The van der Waals surface area contributed by atoms with Gasteiger partial charge in [-0.1, -0.05) is 72.7 Å². The van der Waals surface area contributed by atoms with E-state index in [-0.39, 0.29) is 32.2 Å². The van der Waals surface area contributed by atoms with E-state index >= 15 is 0 Å². The van der Waals surface area contributed by atoms with Gasteiger partial charge in [-0.3, -0.25) is 34.2 Å². The zero-order valence-electron chi connectivity index (χ0n) is 38.5. The zero-order valence-corrected chi connectivity index (χ0v) is 38.5. The number of aromatic nitrogens is 2. The number of amides is 8. The Bertz CT molecular complexity index is 2700. The molecule has 12 N–H and O–H groups in total. The van der Waals surface area contributed by atoms with E-state index < -0.39 is 78.2 Å². The number of carbonyl (C=O) groups excluding carboxylic acids is 7. The fourth-order valence-corrected chi connectivity index (χ4v) is 8.29. The lowest BCUT2D eigenvalue weighted by atomic mass is 10.0. The molecule has 0 spiro atoms. The summed E-state index contributed by atoms with van der Waals surface area (Å²) in [5.74, 6) is -0.811. The number of H-pyrrole nitrogens is 2. The molecule has 3 aromatic carbocycles. The number of urea groups is 1. The molecule has 1 saturated carbocycles. The first-order valence-corrected chi connectivity index (χ1v) is 23.3. The van der Waals surface area contributed by atoms with Crippen molar-refractivity contribution in [3.63, 3.8) is 0 Å². The maximum absolute atomic E-state index is 14.6. The Morgan fingerprint density at radius 2 is 1.25 bits per heavy atom. The third-order valence-electron chi connectivity index (χ3n) is 12.3. The zero-order chi connectivity index (χ0) is 48.9. The fraction of sp³-hybridized carbons (Fsp3) is 0.380. The number of nitrogens with two attached hydrogens (primary N) is 2. The summed E-state index contributed by atoms with van der Waals surface area (Å²) in [4.78, 5) is 105. The van der Waals surface area contributed by atoms with Gasteiger partial charge in [-0.25, -0.2) is 9.80 Å². The van der Waals surface area contributed by atoms with Gasteiger partial charge in [0.05, 0.1) is 6.54 Å². The van der Waals surface area contributed by atoms with Crippen molar-refractivity contribution in [1.82, 2.24) is 51.9 Å². The molecule has 5 aromatic rings. The first kappa shape index (κ1) is 49.1. The first-order valence-electron chi connectivity index (χ1n) is 23.3. The van der Waals surface area contributed by atoms with Crippen molar-refractivity contribution >= 4 is 63.3 Å². The molecule has 5 atom stereocenters. The quantitative estimate of drug-likeness (QED) is 0.0855. The van der Waals surface area contributed by atoms with Crippen molar-refractivity contribution in [3.8, 4) is 12.0 Å². The average Bonchev–Trinajstić information content (AvgIpc) is 3.93. The molecule has 7 rings (SSSR count). The highest BCUT2D eigenvalue weighted by molar-refractivity contribution is 5.97. The van der Waals surface area contributed by atoms with Gasteiger partial charge >= 0.3 is 6.03 Å². The molecular formula is C50H60N12O7. The molecule has 3 heterocycles. The maximum Gasteiger partial charge on any atom is 0.337 e. The van der Waals surface area contributed by atoms with E-state index in [4.69, 9.17) is 11.5 Å². The molecule has 0 radical (unpaired) electrons. The highest BCUT2D eigenvalue weighted by Gasteiger charge is 2.33. The van der Waals surface area contributed by atoms with E-state index in [9.17, 15) is 33.6 Å². The Hall–Kier alpha value is -7.85. The molecular weight excluding hydrogens is 881 g/mol. The van der Waals surface area contributed by atoms with Crippen molar-refractivity contribution < 1.29 is 33.6 Å². The molecule has 19 nitrogen and oxygen atoms in total. The van der Waals surface area contributed by atoms with Crippen LogP contribution < -0.4 is 43.5 Å². The van der Waals surface area contributed by atoms with Crippen molar-refractivity contribution in [2.24, 2.45) is 17.4 Å². The molecule has 2 aromatic heterocycles. The highest BCUT2D eigenvalue weighted by atomic mass is 16.2. The van der Waals surface area contributed by atoms with E-state index in [0.717, 1.165) is 45.2 Å². The topological polar surface area (TPSA) is 282 Å². The number of fused-ring (bicyclic) bond motifs is 2. The molecule has 2 aliphatic rings. The van der Waals surface area contributed by atoms with Crippen LogP contribution in [0, 0.1) is 17.9 Å². The Morgan fingerprint density at radius 1 is 0.681 bits per heavy atom. The summed E-state index contributed by atoms with van der Waals surface area (Å²) >= 11 is 0. The van der Waals surface area contributed by atoms with E-state index in [0.29, 0.717) is 43.0 Å². The number of hydrogen-bond acceptors (Lipinski definition) is 9. The minimum absolute atomic E-state index is 0.0178. The van der Waals surface area contributed by atoms with Crippen LogP contribution in [0.25, 0.3) is 21.8 Å². The number of nitrogens with one attached hydrogen (secondary N) is 8. The third-order valence-corrected chi connectivity index (χ3v) is 12.3. The minimum atomic E-state index is -1.29. The molecule has 69 heavy (non-hydrogen) atoms. The van der Waals surface area contributed by atoms with Gasteiger partial charge in [-0.05, 0) is 73.8 Å². The van der Waals surface area contributed by atoms with E-state index in [1.165, 1.54) is 6.92 Å². The summed E-state index contributed by atoms with van der Waals surface area (Å²) in [6.45, 7) is 1.88. The summed E-state index contributed by atoms with van der Waals surface area (Å²) in [5.41, 5.74) is 17.7. The normalized spacial score (nSPS) is 21.7. The monoisotopic (exact) mass is 940 g/mol. The Labute approximate surface area is 399 Å². The number of nitrogens with zero attached hydrogens (tertiary/aromatic N) is 2. The molecule has 0 unspecified atom stereocenters. The molecule has 19 heteroatoms. The Balaban J connectivity index is 1.22. The van der Waals surface area contributed by atoms with E-state index in [1.807, 2.05) is 71.6 Å². The van der Waals surface area contributed by atoms with Crippen LogP contribution in [0.4, 0.5) is 4.79 Å². The number of primary amides is 1. The van der Waals surface area contributed by atoms with Gasteiger partial charge in [-0.2, -0.15) is 0 Å². The number of hydrazine groups is 1. The highest BCUT2D eigenvalue weighted by Crippen LogP contribution is 2.29. The number of hydrogen-bond donors (Lipinski definition) is 10. The standard InChI is InChI=1S/C50H60N12O7/c1-31-46(65)57-42(25-34-28-53-38-16-7-5-14-36(34)38)49(68)58-41(24-32-12-3-2-4-13-32)48(67)56-40(45(52)64)18-9-10-21-61(30-33-19-20-33)22-11-23-62(60-44(63)27-51)50(69)59-43(47(66)55-31)26-35-29-54-39-17-8-6-15-37(35)39/h2-8,12-17,28-29,31,33,40-43,53-54H,9-10,18-21,23-27,30,51H2,1H3,(H2,52,64)(H,55,66)(H,56,67)(H,57,65)(H,58,68)(H,59,69)(H,60,63)/t31-,40-,41+,42-,43+/m0/s1. The molecule has 1 fully saturated rings. The SMILES string of the molecule is C[C@@H]1NC(=O)[C@@H](Cc2c[nH]c3ccccc23)NC(=O)N(NC(=O)CN)CC#CN(CC2CC2)CCCC[C@@H](C(N)=O)NC(=O)[C@@H](Cc2ccccc2)NC(=O)[C@H](Cc2c[nH]c3ccccc23)NC1=O. The molecule has 0 bridgehead atoms. The van der Waals surface area contributed by atoms with Crippen LogP contribution in [0.2, 0.25) is 0 Å². The second kappa shape index (κ2) is 23.2. The van der Waals surface area contributed by atoms with Crippen LogP contribution in [-0.2, 0) is 48.0 Å². The van der Waals surface area contributed by atoms with Gasteiger partial charge < -0.3 is 52.9 Å². The smallest absolute Gasteiger partial charge is 0.337 e. The summed E-state index contributed by atoms with van der Waals surface area (Å²) in [7, 11) is 0. The second-order valence-corrected chi connectivity index (χ2v) is 17.6. The molecule has 362 valence electrons.